The number of nitrogen functional groups attached to an aromatic ring is 1. The summed E-state index contributed by atoms with van der Waals surface area (Å²) in [5, 5.41) is 7.13. The Bertz CT molecular complexity index is 1680. The van der Waals surface area contributed by atoms with Crippen LogP contribution in [0.3, 0.4) is 0 Å². The molecule has 0 fully saturated rings. The Labute approximate surface area is 216 Å². The number of nitrogens with zero attached hydrogens (tertiary/aromatic N) is 5. The van der Waals surface area contributed by atoms with Gasteiger partial charge in [0.1, 0.15) is 5.82 Å². The maximum Gasteiger partial charge on any atom is 0.164 e. The number of anilines is 1. The van der Waals surface area contributed by atoms with Crippen LogP contribution >= 0.6 is 0 Å². The summed E-state index contributed by atoms with van der Waals surface area (Å²) in [7, 11) is 1.97. The number of hydrogen-bond donors (Lipinski definition) is 1. The van der Waals surface area contributed by atoms with Crippen molar-refractivity contribution in [2.75, 3.05) is 5.73 Å². The average molecular weight is 493 g/mol. The van der Waals surface area contributed by atoms with Crippen molar-refractivity contribution in [3.63, 3.8) is 0 Å². The SMILES string of the molecule is CC(C)Cn1c2ccc(N)cc2c2c3c(c4c(c21)CCc1nn(C)cc1-4)C(=O)CC3.Cc1ncccn1. The molecule has 3 aromatic heterocycles. The number of nitrogens with two attached hydrogens (primary N) is 1. The summed E-state index contributed by atoms with van der Waals surface area (Å²) in [6.07, 6.45) is 8.78. The number of carbonyl (C=O) groups is 1. The molecule has 7 nitrogen and oxygen atoms in total. The highest BCUT2D eigenvalue weighted by Crippen LogP contribution is 2.48. The molecule has 3 heterocycles. The van der Waals surface area contributed by atoms with E-state index in [1.807, 2.05) is 24.7 Å². The lowest BCUT2D eigenvalue weighted by atomic mass is 9.82. The maximum atomic E-state index is 13.1. The van der Waals surface area contributed by atoms with Gasteiger partial charge in [-0.3, -0.25) is 9.48 Å². The molecule has 2 N–H and O–H groups in total. The van der Waals surface area contributed by atoms with Gasteiger partial charge in [-0.05, 0) is 67.5 Å². The van der Waals surface area contributed by atoms with Crippen LogP contribution in [0.4, 0.5) is 5.69 Å². The van der Waals surface area contributed by atoms with E-state index >= 15 is 0 Å². The number of fused-ring (bicyclic) bond motifs is 10. The summed E-state index contributed by atoms with van der Waals surface area (Å²) in [6.45, 7) is 7.33. The second-order valence-electron chi connectivity index (χ2n) is 10.6. The molecule has 0 unspecified atom stereocenters. The van der Waals surface area contributed by atoms with Crippen LogP contribution in [0.2, 0.25) is 0 Å². The van der Waals surface area contributed by atoms with Gasteiger partial charge >= 0.3 is 0 Å². The summed E-state index contributed by atoms with van der Waals surface area (Å²) in [4.78, 5) is 20.9. The summed E-state index contributed by atoms with van der Waals surface area (Å²) >= 11 is 0. The van der Waals surface area contributed by atoms with E-state index in [4.69, 9.17) is 5.73 Å². The first kappa shape index (κ1) is 23.4. The normalized spacial score (nSPS) is 14.0. The van der Waals surface area contributed by atoms with Gasteiger partial charge in [0, 0.05) is 77.3 Å². The predicted octanol–water partition coefficient (Wildman–Crippen LogP) is 5.45. The Balaban J connectivity index is 0.000000314. The molecule has 2 aliphatic rings. The van der Waals surface area contributed by atoms with Crippen molar-refractivity contribution in [3.05, 3.63) is 71.1 Å². The van der Waals surface area contributed by atoms with Crippen molar-refractivity contribution >= 4 is 33.3 Å². The lowest BCUT2D eigenvalue weighted by molar-refractivity contribution is 0.0995. The highest BCUT2D eigenvalue weighted by atomic mass is 16.1. The first-order valence-electron chi connectivity index (χ1n) is 13.0. The largest absolute Gasteiger partial charge is 0.399 e. The van der Waals surface area contributed by atoms with Crippen LogP contribution in [0, 0.1) is 12.8 Å². The number of aromatic nitrogens is 5. The molecule has 0 saturated carbocycles. The van der Waals surface area contributed by atoms with Gasteiger partial charge in [0.25, 0.3) is 0 Å². The summed E-state index contributed by atoms with van der Waals surface area (Å²) < 4.78 is 4.37. The Morgan fingerprint density at radius 3 is 2.49 bits per heavy atom. The molecule has 0 amide bonds. The minimum atomic E-state index is 0.272. The second kappa shape index (κ2) is 8.83. The van der Waals surface area contributed by atoms with Crippen LogP contribution < -0.4 is 5.73 Å². The fourth-order valence-electron chi connectivity index (χ4n) is 6.10. The number of benzene rings is 2. The fraction of sp³-hybridized carbons (Fsp3) is 0.333. The van der Waals surface area contributed by atoms with E-state index in [-0.39, 0.29) is 5.78 Å². The second-order valence-corrected chi connectivity index (χ2v) is 10.6. The third kappa shape index (κ3) is 3.80. The first-order valence-corrected chi connectivity index (χ1v) is 13.0. The van der Waals surface area contributed by atoms with Crippen LogP contribution in [-0.4, -0.2) is 30.1 Å². The fourth-order valence-corrected chi connectivity index (χ4v) is 6.10. The average Bonchev–Trinajstić information content (AvgIpc) is 3.52. The number of hydrogen-bond acceptors (Lipinski definition) is 5. The van der Waals surface area contributed by atoms with Crippen LogP contribution in [0.25, 0.3) is 32.9 Å². The summed E-state index contributed by atoms with van der Waals surface area (Å²) in [5.74, 6) is 1.61. The first-order chi connectivity index (χ1) is 17.8. The standard InChI is InChI=1S/C25H26N4O.C5H6N2/c1-13(2)11-29-20-8-4-14(26)10-17(20)23-15-6-9-21(30)24(15)22-16(25(23)29)5-7-19-18(22)12-28(3)27-19;1-5-6-3-2-4-7-5/h4,8,10,12-13H,5-7,9,11,26H2,1-3H3;2-4H,1H3. The van der Waals surface area contributed by atoms with E-state index in [9.17, 15) is 4.79 Å². The number of ketones is 1. The van der Waals surface area contributed by atoms with Gasteiger partial charge in [0.2, 0.25) is 0 Å². The van der Waals surface area contributed by atoms with Gasteiger partial charge in [-0.25, -0.2) is 9.97 Å². The van der Waals surface area contributed by atoms with Gasteiger partial charge in [-0.1, -0.05) is 13.8 Å². The van der Waals surface area contributed by atoms with Crippen molar-refractivity contribution in [1.29, 1.82) is 0 Å². The minimum Gasteiger partial charge on any atom is -0.399 e. The molecule has 7 heteroatoms. The molecule has 2 aliphatic carbocycles. The van der Waals surface area contributed by atoms with E-state index in [1.165, 1.54) is 32.9 Å². The van der Waals surface area contributed by atoms with E-state index < -0.39 is 0 Å². The van der Waals surface area contributed by atoms with Gasteiger partial charge in [-0.15, -0.1) is 0 Å². The Hall–Kier alpha value is -4.00. The molecule has 2 aromatic carbocycles. The quantitative estimate of drug-likeness (QED) is 0.331. The summed E-state index contributed by atoms with van der Waals surface area (Å²) in [6, 6.07) is 8.05. The summed E-state index contributed by atoms with van der Waals surface area (Å²) in [5.41, 5.74) is 16.4. The van der Waals surface area contributed by atoms with Crippen LogP contribution in [-0.2, 0) is 32.9 Å². The Morgan fingerprint density at radius 2 is 1.78 bits per heavy atom. The number of carbonyl (C=O) groups excluding carboxylic acids is 1. The van der Waals surface area contributed by atoms with Gasteiger partial charge in [0.05, 0.1) is 11.2 Å². The smallest absolute Gasteiger partial charge is 0.164 e. The van der Waals surface area contributed by atoms with Gasteiger partial charge in [-0.2, -0.15) is 5.10 Å². The molecule has 0 bridgehead atoms. The number of Topliss-reactive ketones (excluding diaryl/α,β-unsaturated/α-hetero) is 1. The predicted molar refractivity (Wildman–Crippen MR) is 148 cm³/mol. The van der Waals surface area contributed by atoms with Crippen molar-refractivity contribution in [2.24, 2.45) is 13.0 Å². The minimum absolute atomic E-state index is 0.272. The van der Waals surface area contributed by atoms with Crippen LogP contribution in [0.15, 0.2) is 42.9 Å². The molecule has 37 heavy (non-hydrogen) atoms. The topological polar surface area (TPSA) is 91.6 Å². The van der Waals surface area contributed by atoms with E-state index in [0.29, 0.717) is 12.3 Å². The maximum absolute atomic E-state index is 13.1. The number of aryl methyl sites for hydroxylation is 5. The molecule has 0 atom stereocenters. The lowest BCUT2D eigenvalue weighted by Crippen LogP contribution is -2.12. The van der Waals surface area contributed by atoms with Gasteiger partial charge in [0.15, 0.2) is 5.78 Å². The molecule has 0 saturated heterocycles. The van der Waals surface area contributed by atoms with E-state index in [1.54, 1.807) is 18.5 Å². The molecule has 0 aliphatic heterocycles. The molecule has 7 rings (SSSR count). The zero-order valence-corrected chi connectivity index (χ0v) is 21.9. The molecule has 0 radical (unpaired) electrons. The molecule has 0 spiro atoms. The van der Waals surface area contributed by atoms with Crippen molar-refractivity contribution in [3.8, 4) is 11.1 Å². The molecular weight excluding hydrogens is 460 g/mol. The molecular formula is C30H32N6O. The van der Waals surface area contributed by atoms with Gasteiger partial charge < -0.3 is 10.3 Å². The third-order valence-corrected chi connectivity index (χ3v) is 7.44. The van der Waals surface area contributed by atoms with E-state index in [0.717, 1.165) is 59.7 Å². The molecule has 188 valence electrons. The van der Waals surface area contributed by atoms with Crippen molar-refractivity contribution < 1.29 is 4.79 Å². The zero-order chi connectivity index (χ0) is 25.8. The van der Waals surface area contributed by atoms with Crippen molar-refractivity contribution in [1.82, 2.24) is 24.3 Å². The highest BCUT2D eigenvalue weighted by molar-refractivity contribution is 6.20. The Morgan fingerprint density at radius 1 is 1.03 bits per heavy atom. The Kier molecular flexibility index (Phi) is 5.59. The third-order valence-electron chi connectivity index (χ3n) is 7.44. The lowest BCUT2D eigenvalue weighted by Gasteiger charge is -2.22. The van der Waals surface area contributed by atoms with Crippen molar-refractivity contribution in [2.45, 2.75) is 53.0 Å². The molecule has 5 aromatic rings. The highest BCUT2D eigenvalue weighted by Gasteiger charge is 2.35. The van der Waals surface area contributed by atoms with Crippen LogP contribution in [0.5, 0.6) is 0 Å². The number of rotatable bonds is 2. The van der Waals surface area contributed by atoms with Crippen LogP contribution in [0.1, 0.15) is 53.3 Å². The van der Waals surface area contributed by atoms with E-state index in [2.05, 4.69) is 51.8 Å². The zero-order valence-electron chi connectivity index (χ0n) is 21.9. The monoisotopic (exact) mass is 492 g/mol.